The number of carbonyl (C=O) groups is 1. The van der Waals surface area contributed by atoms with E-state index in [0.29, 0.717) is 16.8 Å². The van der Waals surface area contributed by atoms with Gasteiger partial charge in [-0.05, 0) is 54.6 Å². The summed E-state index contributed by atoms with van der Waals surface area (Å²) in [6, 6.07) is 12.5. The average molecular weight is 467 g/mol. The third-order valence-corrected chi connectivity index (χ3v) is 7.15. The number of sulfonamides is 1. The molecule has 1 aliphatic heterocycles. The SMILES string of the molecule is O=C(c1ccc(-c2ccc(Cl)cc2)o1)N1CCN(S(=O)(=O)c2cc(F)ccc2F)CC1. The van der Waals surface area contributed by atoms with Crippen molar-refractivity contribution < 1.29 is 26.4 Å². The lowest BCUT2D eigenvalue weighted by molar-refractivity contribution is 0.0666. The van der Waals surface area contributed by atoms with Gasteiger partial charge in [-0.2, -0.15) is 4.31 Å². The summed E-state index contributed by atoms with van der Waals surface area (Å²) in [5, 5.41) is 0.581. The van der Waals surface area contributed by atoms with Gasteiger partial charge in [0.2, 0.25) is 10.0 Å². The second-order valence-electron chi connectivity index (χ2n) is 6.94. The van der Waals surface area contributed by atoms with Crippen LogP contribution < -0.4 is 0 Å². The first-order valence-corrected chi connectivity index (χ1v) is 11.2. The molecule has 31 heavy (non-hydrogen) atoms. The molecule has 0 radical (unpaired) electrons. The van der Waals surface area contributed by atoms with E-state index in [-0.39, 0.29) is 37.8 Å². The number of furan rings is 1. The van der Waals surface area contributed by atoms with Crippen LogP contribution in [0.25, 0.3) is 11.3 Å². The van der Waals surface area contributed by atoms with E-state index in [1.54, 1.807) is 36.4 Å². The van der Waals surface area contributed by atoms with Crippen molar-refractivity contribution in [3.05, 3.63) is 77.0 Å². The number of benzene rings is 2. The zero-order valence-corrected chi connectivity index (χ0v) is 17.7. The van der Waals surface area contributed by atoms with Crippen LogP contribution in [0.2, 0.25) is 5.02 Å². The van der Waals surface area contributed by atoms with Crippen LogP contribution in [0.3, 0.4) is 0 Å². The van der Waals surface area contributed by atoms with Crippen LogP contribution in [0, 0.1) is 11.6 Å². The van der Waals surface area contributed by atoms with Crippen LogP contribution in [0.4, 0.5) is 8.78 Å². The van der Waals surface area contributed by atoms with Crippen molar-refractivity contribution in [1.29, 1.82) is 0 Å². The first kappa shape index (κ1) is 21.5. The normalized spacial score (nSPS) is 15.3. The van der Waals surface area contributed by atoms with Gasteiger partial charge >= 0.3 is 0 Å². The molecule has 1 saturated heterocycles. The third-order valence-electron chi connectivity index (χ3n) is 4.98. The predicted molar refractivity (Wildman–Crippen MR) is 110 cm³/mol. The molecule has 2 aromatic carbocycles. The lowest BCUT2D eigenvalue weighted by Gasteiger charge is -2.33. The fraction of sp³-hybridized carbons (Fsp3) is 0.190. The highest BCUT2D eigenvalue weighted by Crippen LogP contribution is 2.26. The maximum Gasteiger partial charge on any atom is 0.289 e. The Morgan fingerprint density at radius 2 is 1.61 bits per heavy atom. The van der Waals surface area contributed by atoms with E-state index in [1.807, 2.05) is 0 Å². The maximum atomic E-state index is 14.0. The van der Waals surface area contributed by atoms with Gasteiger partial charge < -0.3 is 9.32 Å². The number of halogens is 3. The molecule has 0 aliphatic carbocycles. The van der Waals surface area contributed by atoms with Crippen molar-refractivity contribution in [2.75, 3.05) is 26.2 Å². The van der Waals surface area contributed by atoms with Gasteiger partial charge in [0.15, 0.2) is 5.76 Å². The molecule has 6 nitrogen and oxygen atoms in total. The molecule has 0 bridgehead atoms. The van der Waals surface area contributed by atoms with Crippen molar-refractivity contribution in [2.24, 2.45) is 0 Å². The predicted octanol–water partition coefficient (Wildman–Crippen LogP) is 4.02. The smallest absolute Gasteiger partial charge is 0.289 e. The van der Waals surface area contributed by atoms with Crippen LogP contribution >= 0.6 is 11.6 Å². The minimum atomic E-state index is -4.22. The highest BCUT2D eigenvalue weighted by molar-refractivity contribution is 7.89. The van der Waals surface area contributed by atoms with Gasteiger partial charge in [0.05, 0.1) is 0 Å². The topological polar surface area (TPSA) is 70.8 Å². The van der Waals surface area contributed by atoms with E-state index in [2.05, 4.69) is 0 Å². The summed E-state index contributed by atoms with van der Waals surface area (Å²) in [5.74, 6) is -1.62. The number of piperazine rings is 1. The Bertz CT molecular complexity index is 1220. The van der Waals surface area contributed by atoms with Gasteiger partial charge in [-0.25, -0.2) is 17.2 Å². The highest BCUT2D eigenvalue weighted by atomic mass is 35.5. The summed E-state index contributed by atoms with van der Waals surface area (Å²) in [5.41, 5.74) is 0.761. The number of hydrogen-bond donors (Lipinski definition) is 0. The third kappa shape index (κ3) is 4.34. The number of hydrogen-bond acceptors (Lipinski definition) is 4. The Labute approximate surface area is 182 Å². The molecule has 1 fully saturated rings. The Balaban J connectivity index is 1.45. The molecule has 0 atom stereocenters. The fourth-order valence-corrected chi connectivity index (χ4v) is 4.95. The van der Waals surface area contributed by atoms with Crippen molar-refractivity contribution in [1.82, 2.24) is 9.21 Å². The molecule has 162 valence electrons. The molecule has 3 aromatic rings. The molecule has 10 heteroatoms. The van der Waals surface area contributed by atoms with Crippen LogP contribution in [-0.4, -0.2) is 49.7 Å². The van der Waals surface area contributed by atoms with E-state index < -0.39 is 26.6 Å². The average Bonchev–Trinajstić information content (AvgIpc) is 3.25. The van der Waals surface area contributed by atoms with Crippen molar-refractivity contribution in [2.45, 2.75) is 4.90 Å². The summed E-state index contributed by atoms with van der Waals surface area (Å²) in [6.07, 6.45) is 0. The number of carbonyl (C=O) groups excluding carboxylic acids is 1. The maximum absolute atomic E-state index is 14.0. The second-order valence-corrected chi connectivity index (χ2v) is 9.28. The van der Waals surface area contributed by atoms with Crippen LogP contribution in [-0.2, 0) is 10.0 Å². The summed E-state index contributed by atoms with van der Waals surface area (Å²) in [4.78, 5) is 13.5. The zero-order chi connectivity index (χ0) is 22.2. The van der Waals surface area contributed by atoms with E-state index in [9.17, 15) is 22.0 Å². The molecule has 0 spiro atoms. The largest absolute Gasteiger partial charge is 0.451 e. The molecule has 0 unspecified atom stereocenters. The van der Waals surface area contributed by atoms with Gasteiger partial charge in [-0.15, -0.1) is 0 Å². The second kappa shape index (κ2) is 8.41. The summed E-state index contributed by atoms with van der Waals surface area (Å²) in [7, 11) is -4.22. The minimum absolute atomic E-state index is 0.0468. The van der Waals surface area contributed by atoms with Gasteiger partial charge in [0, 0.05) is 36.8 Å². The van der Waals surface area contributed by atoms with E-state index in [1.165, 1.54) is 4.90 Å². The Kier molecular flexibility index (Phi) is 5.83. The Morgan fingerprint density at radius 1 is 0.935 bits per heavy atom. The van der Waals surface area contributed by atoms with Gasteiger partial charge in [0.25, 0.3) is 5.91 Å². The Morgan fingerprint density at radius 3 is 2.29 bits per heavy atom. The summed E-state index contributed by atoms with van der Waals surface area (Å²) in [6.45, 7) is 0.0848. The molecule has 0 saturated carbocycles. The lowest BCUT2D eigenvalue weighted by Crippen LogP contribution is -2.50. The molecular formula is C21H17ClF2N2O4S. The first-order chi connectivity index (χ1) is 14.8. The molecular weight excluding hydrogens is 450 g/mol. The van der Waals surface area contributed by atoms with E-state index >= 15 is 0 Å². The standard InChI is InChI=1S/C21H17ClF2N2O4S/c22-15-3-1-14(2-4-15)18-7-8-19(30-18)21(27)25-9-11-26(12-10-25)31(28,29)20-13-16(23)5-6-17(20)24/h1-8,13H,9-12H2. The first-order valence-electron chi connectivity index (χ1n) is 9.36. The number of amides is 1. The van der Waals surface area contributed by atoms with Crippen molar-refractivity contribution in [3.63, 3.8) is 0 Å². The summed E-state index contributed by atoms with van der Waals surface area (Å²) >= 11 is 5.88. The van der Waals surface area contributed by atoms with E-state index in [0.717, 1.165) is 22.0 Å². The van der Waals surface area contributed by atoms with Crippen LogP contribution in [0.15, 0.2) is 63.9 Å². The van der Waals surface area contributed by atoms with Gasteiger partial charge in [-0.3, -0.25) is 4.79 Å². The molecule has 1 amide bonds. The molecule has 1 aromatic heterocycles. The Hall–Kier alpha value is -2.75. The number of nitrogens with zero attached hydrogens (tertiary/aromatic N) is 2. The minimum Gasteiger partial charge on any atom is -0.451 e. The fourth-order valence-electron chi connectivity index (χ4n) is 3.32. The van der Waals surface area contributed by atoms with Crippen molar-refractivity contribution >= 4 is 27.5 Å². The molecule has 1 aliphatic rings. The molecule has 4 rings (SSSR count). The summed E-state index contributed by atoms with van der Waals surface area (Å²) < 4.78 is 59.4. The van der Waals surface area contributed by atoms with Crippen molar-refractivity contribution in [3.8, 4) is 11.3 Å². The molecule has 2 heterocycles. The van der Waals surface area contributed by atoms with Crippen LogP contribution in [0.5, 0.6) is 0 Å². The van der Waals surface area contributed by atoms with Gasteiger partial charge in [-0.1, -0.05) is 11.6 Å². The highest BCUT2D eigenvalue weighted by Gasteiger charge is 2.33. The lowest BCUT2D eigenvalue weighted by atomic mass is 10.2. The quantitative estimate of drug-likeness (QED) is 0.582. The van der Waals surface area contributed by atoms with Crippen LogP contribution in [0.1, 0.15) is 10.6 Å². The molecule has 0 N–H and O–H groups in total. The zero-order valence-electron chi connectivity index (χ0n) is 16.1. The monoisotopic (exact) mass is 466 g/mol. The van der Waals surface area contributed by atoms with Gasteiger partial charge in [0.1, 0.15) is 22.3 Å². The number of rotatable bonds is 4. The van der Waals surface area contributed by atoms with E-state index in [4.69, 9.17) is 16.0 Å².